The lowest BCUT2D eigenvalue weighted by Crippen LogP contribution is -2.37. The Morgan fingerprint density at radius 3 is 2.41 bits per heavy atom. The molecule has 1 fully saturated rings. The van der Waals surface area contributed by atoms with Gasteiger partial charge in [-0.15, -0.1) is 0 Å². The van der Waals surface area contributed by atoms with Gasteiger partial charge in [-0.1, -0.05) is 33.1 Å². The molecule has 0 bridgehead atoms. The zero-order chi connectivity index (χ0) is 12.9. The van der Waals surface area contributed by atoms with Gasteiger partial charge in [0.2, 0.25) is 5.79 Å². The zero-order valence-electron chi connectivity index (χ0n) is 11.6. The highest BCUT2D eigenvalue weighted by molar-refractivity contribution is 5.72. The fraction of sp³-hybridized carbons (Fsp3) is 0.929. The molecule has 0 radical (unpaired) electrons. The van der Waals surface area contributed by atoms with E-state index in [1.165, 1.54) is 19.3 Å². The molecule has 1 unspecified atom stereocenters. The van der Waals surface area contributed by atoms with Crippen LogP contribution in [-0.2, 0) is 14.3 Å². The van der Waals surface area contributed by atoms with Crippen LogP contribution in [0.4, 0.5) is 0 Å². The van der Waals surface area contributed by atoms with E-state index in [0.29, 0.717) is 0 Å². The monoisotopic (exact) mass is 242 g/mol. The van der Waals surface area contributed by atoms with Crippen molar-refractivity contribution in [2.75, 3.05) is 0 Å². The van der Waals surface area contributed by atoms with Crippen LogP contribution in [0.1, 0.15) is 66.2 Å². The Hall–Kier alpha value is -0.570. The fourth-order valence-electron chi connectivity index (χ4n) is 2.12. The van der Waals surface area contributed by atoms with Gasteiger partial charge in [0.1, 0.15) is 0 Å². The Kier molecular flexibility index (Phi) is 5.44. The molecule has 1 aliphatic carbocycles. The third-order valence-electron chi connectivity index (χ3n) is 3.36. The van der Waals surface area contributed by atoms with Crippen molar-refractivity contribution < 1.29 is 14.3 Å². The molecule has 0 aromatic heterocycles. The van der Waals surface area contributed by atoms with E-state index < -0.39 is 5.79 Å². The first-order chi connectivity index (χ1) is 7.94. The topological polar surface area (TPSA) is 35.5 Å². The van der Waals surface area contributed by atoms with Crippen LogP contribution in [0.5, 0.6) is 0 Å². The van der Waals surface area contributed by atoms with Gasteiger partial charge in [-0.2, -0.15) is 0 Å². The number of hydrogen-bond donors (Lipinski definition) is 0. The van der Waals surface area contributed by atoms with E-state index in [2.05, 4.69) is 0 Å². The highest BCUT2D eigenvalue weighted by atomic mass is 16.7. The van der Waals surface area contributed by atoms with Crippen molar-refractivity contribution in [2.45, 2.75) is 78.1 Å². The molecule has 0 aromatic rings. The van der Waals surface area contributed by atoms with E-state index in [4.69, 9.17) is 9.47 Å². The molecule has 100 valence electrons. The fourth-order valence-corrected chi connectivity index (χ4v) is 2.12. The molecule has 0 aliphatic heterocycles. The summed E-state index contributed by atoms with van der Waals surface area (Å²) in [5.41, 5.74) is 0. The van der Waals surface area contributed by atoms with E-state index >= 15 is 0 Å². The van der Waals surface area contributed by atoms with Crippen LogP contribution in [0.25, 0.3) is 0 Å². The van der Waals surface area contributed by atoms with Crippen LogP contribution < -0.4 is 0 Å². The number of carbonyl (C=O) groups excluding carboxylic acids is 1. The van der Waals surface area contributed by atoms with Crippen molar-refractivity contribution in [3.05, 3.63) is 0 Å². The Morgan fingerprint density at radius 2 is 1.88 bits per heavy atom. The van der Waals surface area contributed by atoms with Crippen LogP contribution in [0.3, 0.4) is 0 Å². The highest BCUT2D eigenvalue weighted by Gasteiger charge is 2.29. The summed E-state index contributed by atoms with van der Waals surface area (Å²) in [4.78, 5) is 11.7. The van der Waals surface area contributed by atoms with E-state index in [-0.39, 0.29) is 18.0 Å². The summed E-state index contributed by atoms with van der Waals surface area (Å²) in [6, 6.07) is 0. The Labute approximate surface area is 105 Å². The number of hydrogen-bond acceptors (Lipinski definition) is 3. The van der Waals surface area contributed by atoms with Gasteiger partial charge in [0.25, 0.3) is 0 Å². The molecule has 0 saturated heterocycles. The molecule has 1 aliphatic rings. The quantitative estimate of drug-likeness (QED) is 0.545. The third kappa shape index (κ3) is 5.07. The van der Waals surface area contributed by atoms with E-state index in [9.17, 15) is 4.79 Å². The molecule has 3 heteroatoms. The molecule has 0 N–H and O–H groups in total. The van der Waals surface area contributed by atoms with E-state index in [1.807, 2.05) is 27.7 Å². The molecule has 3 nitrogen and oxygen atoms in total. The lowest BCUT2D eigenvalue weighted by molar-refractivity contribution is -0.238. The SMILES string of the molecule is CCC(C)C(=O)OC(C)(C)OC1CCCCC1. The molecule has 1 atom stereocenters. The second-order valence-corrected chi connectivity index (χ2v) is 5.51. The highest BCUT2D eigenvalue weighted by Crippen LogP contribution is 2.26. The van der Waals surface area contributed by atoms with Crippen LogP contribution in [0, 0.1) is 5.92 Å². The van der Waals surface area contributed by atoms with Crippen LogP contribution in [0.15, 0.2) is 0 Å². The summed E-state index contributed by atoms with van der Waals surface area (Å²) < 4.78 is 11.3. The second-order valence-electron chi connectivity index (χ2n) is 5.51. The number of carbonyl (C=O) groups is 1. The summed E-state index contributed by atoms with van der Waals surface area (Å²) >= 11 is 0. The zero-order valence-corrected chi connectivity index (χ0v) is 11.6. The van der Waals surface area contributed by atoms with Crippen LogP contribution in [-0.4, -0.2) is 17.9 Å². The largest absolute Gasteiger partial charge is 0.433 e. The summed E-state index contributed by atoms with van der Waals surface area (Å²) in [6.45, 7) is 7.55. The average Bonchev–Trinajstić information content (AvgIpc) is 2.27. The first kappa shape index (κ1) is 14.5. The summed E-state index contributed by atoms with van der Waals surface area (Å²) in [5.74, 6) is -1.000. The molecular weight excluding hydrogens is 216 g/mol. The molecule has 0 heterocycles. The van der Waals surface area contributed by atoms with Gasteiger partial charge in [0, 0.05) is 13.8 Å². The smallest absolute Gasteiger partial charge is 0.311 e. The van der Waals surface area contributed by atoms with Gasteiger partial charge in [-0.25, -0.2) is 0 Å². The Bertz CT molecular complexity index is 242. The van der Waals surface area contributed by atoms with E-state index in [0.717, 1.165) is 19.3 Å². The third-order valence-corrected chi connectivity index (χ3v) is 3.36. The molecule has 1 saturated carbocycles. The standard InChI is InChI=1S/C14H26O3/c1-5-11(2)13(15)17-14(3,4)16-12-9-7-6-8-10-12/h11-12H,5-10H2,1-4H3. The van der Waals surface area contributed by atoms with Gasteiger partial charge in [0.15, 0.2) is 0 Å². The summed E-state index contributed by atoms with van der Waals surface area (Å²) in [7, 11) is 0. The molecule has 0 spiro atoms. The van der Waals surface area contributed by atoms with Gasteiger partial charge in [-0.3, -0.25) is 4.79 Å². The molecule has 17 heavy (non-hydrogen) atoms. The van der Waals surface area contributed by atoms with Gasteiger partial charge < -0.3 is 9.47 Å². The molecule has 1 rings (SSSR count). The summed E-state index contributed by atoms with van der Waals surface area (Å²) in [5, 5.41) is 0. The lowest BCUT2D eigenvalue weighted by Gasteiger charge is -2.33. The predicted molar refractivity (Wildman–Crippen MR) is 67.6 cm³/mol. The number of esters is 1. The molecule has 0 aromatic carbocycles. The normalized spacial score (nSPS) is 20.0. The first-order valence-corrected chi connectivity index (χ1v) is 6.85. The average molecular weight is 242 g/mol. The van der Waals surface area contributed by atoms with Crippen LogP contribution >= 0.6 is 0 Å². The molecular formula is C14H26O3. The maximum atomic E-state index is 11.7. The molecule has 0 amide bonds. The number of ether oxygens (including phenoxy) is 2. The minimum Gasteiger partial charge on any atom is -0.433 e. The maximum absolute atomic E-state index is 11.7. The van der Waals surface area contributed by atoms with E-state index in [1.54, 1.807) is 0 Å². The Balaban J connectivity index is 2.41. The van der Waals surface area contributed by atoms with Crippen molar-refractivity contribution in [1.29, 1.82) is 0 Å². The predicted octanol–water partition coefficient (Wildman–Crippen LogP) is 3.66. The minimum absolute atomic E-state index is 0.0516. The first-order valence-electron chi connectivity index (χ1n) is 6.85. The van der Waals surface area contributed by atoms with Gasteiger partial charge >= 0.3 is 5.97 Å². The van der Waals surface area contributed by atoms with Crippen molar-refractivity contribution in [3.8, 4) is 0 Å². The Morgan fingerprint density at radius 1 is 1.29 bits per heavy atom. The van der Waals surface area contributed by atoms with Crippen molar-refractivity contribution in [2.24, 2.45) is 5.92 Å². The van der Waals surface area contributed by atoms with Crippen molar-refractivity contribution in [1.82, 2.24) is 0 Å². The maximum Gasteiger partial charge on any atom is 0.311 e. The van der Waals surface area contributed by atoms with Gasteiger partial charge in [-0.05, 0) is 19.3 Å². The van der Waals surface area contributed by atoms with Crippen LogP contribution in [0.2, 0.25) is 0 Å². The second kappa shape index (κ2) is 6.39. The van der Waals surface area contributed by atoms with Gasteiger partial charge in [0.05, 0.1) is 12.0 Å². The van der Waals surface area contributed by atoms with Crippen molar-refractivity contribution >= 4 is 5.97 Å². The van der Waals surface area contributed by atoms with Crippen molar-refractivity contribution in [3.63, 3.8) is 0 Å². The lowest BCUT2D eigenvalue weighted by atomic mass is 9.97. The summed E-state index contributed by atoms with van der Waals surface area (Å²) in [6.07, 6.45) is 6.98. The minimum atomic E-state index is -0.789. The number of rotatable bonds is 5.